The molecule has 0 radical (unpaired) electrons. The Bertz CT molecular complexity index is 675. The lowest BCUT2D eigenvalue weighted by Crippen LogP contribution is -2.32. The van der Waals surface area contributed by atoms with Crippen molar-refractivity contribution in [3.8, 4) is 5.75 Å². The maximum atomic E-state index is 11.7. The Morgan fingerprint density at radius 1 is 1.46 bits per heavy atom. The lowest BCUT2D eigenvalue weighted by atomic mass is 10.2. The number of nitrogens with zero attached hydrogens (tertiary/aromatic N) is 2. The Balaban J connectivity index is 1.69. The monoisotopic (exact) mass is 332 g/mol. The fraction of sp³-hybridized carbons (Fsp3) is 0.375. The van der Waals surface area contributed by atoms with E-state index in [0.717, 1.165) is 23.7 Å². The van der Waals surface area contributed by atoms with E-state index in [1.54, 1.807) is 25.7 Å². The molecule has 0 bridgehead atoms. The number of amides is 1. The van der Waals surface area contributed by atoms with E-state index in [2.05, 4.69) is 20.2 Å². The van der Waals surface area contributed by atoms with Gasteiger partial charge in [0.1, 0.15) is 19.0 Å². The van der Waals surface area contributed by atoms with Crippen molar-refractivity contribution in [1.29, 1.82) is 0 Å². The number of benzene rings is 1. The van der Waals surface area contributed by atoms with Gasteiger partial charge in [-0.3, -0.25) is 5.32 Å². The van der Waals surface area contributed by atoms with Crippen LogP contribution >= 0.6 is 0 Å². The quantitative estimate of drug-likeness (QED) is 0.787. The van der Waals surface area contributed by atoms with Crippen molar-refractivity contribution in [1.82, 2.24) is 9.97 Å². The zero-order chi connectivity index (χ0) is 16.8. The van der Waals surface area contributed by atoms with Crippen molar-refractivity contribution in [2.24, 2.45) is 0 Å². The van der Waals surface area contributed by atoms with Crippen molar-refractivity contribution in [2.75, 3.05) is 43.7 Å². The fourth-order valence-electron chi connectivity index (χ4n) is 2.46. The predicted octanol–water partition coefficient (Wildman–Crippen LogP) is 2.00. The molecule has 2 heterocycles. The summed E-state index contributed by atoms with van der Waals surface area (Å²) < 4.78 is 15.5. The summed E-state index contributed by atoms with van der Waals surface area (Å²) in [6.07, 6.45) is 2.94. The van der Waals surface area contributed by atoms with Crippen LogP contribution in [-0.2, 0) is 16.0 Å². The summed E-state index contributed by atoms with van der Waals surface area (Å²) >= 11 is 0. The molecule has 0 aliphatic carbocycles. The number of aromatic nitrogens is 2. The number of aromatic amines is 1. The molecule has 128 valence electrons. The summed E-state index contributed by atoms with van der Waals surface area (Å²) in [7, 11) is 1.55. The molecule has 1 aromatic heterocycles. The Hall–Kier alpha value is -2.74. The number of fused-ring (bicyclic) bond motifs is 1. The SMILES string of the molecule is COCCOC(=O)Nc1ccc2c(c1)N(Cc1cnc[nH]1)CCO2. The average Bonchev–Trinajstić information content (AvgIpc) is 3.09. The zero-order valence-electron chi connectivity index (χ0n) is 13.4. The number of rotatable bonds is 6. The van der Waals surface area contributed by atoms with Crippen LogP contribution in [-0.4, -0.2) is 49.5 Å². The van der Waals surface area contributed by atoms with Crippen molar-refractivity contribution in [2.45, 2.75) is 6.54 Å². The maximum Gasteiger partial charge on any atom is 0.411 e. The summed E-state index contributed by atoms with van der Waals surface area (Å²) in [5, 5.41) is 2.71. The molecule has 2 N–H and O–H groups in total. The molecule has 0 spiro atoms. The van der Waals surface area contributed by atoms with E-state index in [1.807, 2.05) is 12.1 Å². The van der Waals surface area contributed by atoms with Crippen LogP contribution in [0.2, 0.25) is 0 Å². The van der Waals surface area contributed by atoms with Gasteiger partial charge in [-0.15, -0.1) is 0 Å². The number of nitrogens with one attached hydrogen (secondary N) is 2. The first-order valence-corrected chi connectivity index (χ1v) is 7.68. The summed E-state index contributed by atoms with van der Waals surface area (Å²) in [6, 6.07) is 5.51. The third kappa shape index (κ3) is 3.96. The molecular formula is C16H20N4O4. The highest BCUT2D eigenvalue weighted by Gasteiger charge is 2.19. The van der Waals surface area contributed by atoms with Gasteiger partial charge in [-0.2, -0.15) is 0 Å². The summed E-state index contributed by atoms with van der Waals surface area (Å²) in [6.45, 7) is 2.64. The van der Waals surface area contributed by atoms with Gasteiger partial charge in [0.15, 0.2) is 0 Å². The Morgan fingerprint density at radius 2 is 2.38 bits per heavy atom. The minimum atomic E-state index is -0.510. The topological polar surface area (TPSA) is 88.7 Å². The molecule has 2 aromatic rings. The zero-order valence-corrected chi connectivity index (χ0v) is 13.4. The molecule has 0 saturated carbocycles. The molecule has 0 atom stereocenters. The second-order valence-electron chi connectivity index (χ2n) is 5.28. The Morgan fingerprint density at radius 3 is 3.17 bits per heavy atom. The lowest BCUT2D eigenvalue weighted by Gasteiger charge is -2.31. The van der Waals surface area contributed by atoms with Crippen molar-refractivity contribution < 1.29 is 19.0 Å². The molecule has 1 aliphatic rings. The molecule has 24 heavy (non-hydrogen) atoms. The molecule has 0 fully saturated rings. The molecule has 1 aliphatic heterocycles. The van der Waals surface area contributed by atoms with Gasteiger partial charge in [-0.05, 0) is 18.2 Å². The summed E-state index contributed by atoms with van der Waals surface area (Å²) in [4.78, 5) is 21.1. The number of methoxy groups -OCH3 is 1. The van der Waals surface area contributed by atoms with Crippen molar-refractivity contribution in [3.05, 3.63) is 36.4 Å². The number of hydrogen-bond donors (Lipinski definition) is 2. The number of H-pyrrole nitrogens is 1. The Labute approximate surface area is 139 Å². The first kappa shape index (κ1) is 16.1. The van der Waals surface area contributed by atoms with E-state index in [9.17, 15) is 4.79 Å². The highest BCUT2D eigenvalue weighted by molar-refractivity contribution is 5.86. The van der Waals surface area contributed by atoms with Crippen LogP contribution in [0.1, 0.15) is 5.69 Å². The van der Waals surface area contributed by atoms with E-state index < -0.39 is 6.09 Å². The number of imidazole rings is 1. The standard InChI is InChI=1S/C16H20N4O4/c1-22-6-7-24-16(21)19-12-2-3-15-14(8-12)20(4-5-23-15)10-13-9-17-11-18-13/h2-3,8-9,11H,4-7,10H2,1H3,(H,17,18)(H,19,21). The highest BCUT2D eigenvalue weighted by Crippen LogP contribution is 2.34. The van der Waals surface area contributed by atoms with Gasteiger partial charge in [0.25, 0.3) is 0 Å². The first-order chi connectivity index (χ1) is 11.8. The first-order valence-electron chi connectivity index (χ1n) is 7.68. The van der Waals surface area contributed by atoms with Gasteiger partial charge >= 0.3 is 6.09 Å². The molecule has 1 aromatic carbocycles. The number of carbonyl (C=O) groups excluding carboxylic acids is 1. The maximum absolute atomic E-state index is 11.7. The molecule has 1 amide bonds. The molecule has 8 nitrogen and oxygen atoms in total. The summed E-state index contributed by atoms with van der Waals surface area (Å²) in [5.41, 5.74) is 2.59. The molecular weight excluding hydrogens is 312 g/mol. The predicted molar refractivity (Wildman–Crippen MR) is 88.4 cm³/mol. The van der Waals surface area contributed by atoms with Crippen LogP contribution in [0.3, 0.4) is 0 Å². The van der Waals surface area contributed by atoms with Crippen LogP contribution in [0.5, 0.6) is 5.75 Å². The normalized spacial score (nSPS) is 13.1. The molecule has 3 rings (SSSR count). The third-order valence-corrected chi connectivity index (χ3v) is 3.60. The second-order valence-corrected chi connectivity index (χ2v) is 5.28. The van der Waals surface area contributed by atoms with E-state index in [1.165, 1.54) is 0 Å². The van der Waals surface area contributed by atoms with Crippen LogP contribution < -0.4 is 15.0 Å². The van der Waals surface area contributed by atoms with Crippen LogP contribution in [0, 0.1) is 0 Å². The van der Waals surface area contributed by atoms with Crippen molar-refractivity contribution >= 4 is 17.5 Å². The van der Waals surface area contributed by atoms with Gasteiger partial charge < -0.3 is 24.1 Å². The molecule has 0 unspecified atom stereocenters. The van der Waals surface area contributed by atoms with Gasteiger partial charge in [-0.25, -0.2) is 9.78 Å². The lowest BCUT2D eigenvalue weighted by molar-refractivity contribution is 0.107. The van der Waals surface area contributed by atoms with Crippen LogP contribution in [0.4, 0.5) is 16.2 Å². The minimum absolute atomic E-state index is 0.211. The van der Waals surface area contributed by atoms with Gasteiger partial charge in [0.2, 0.25) is 0 Å². The van der Waals surface area contributed by atoms with Crippen LogP contribution in [0.25, 0.3) is 0 Å². The summed E-state index contributed by atoms with van der Waals surface area (Å²) in [5.74, 6) is 0.791. The smallest absolute Gasteiger partial charge is 0.411 e. The number of carbonyl (C=O) groups is 1. The molecule has 8 heteroatoms. The number of hydrogen-bond acceptors (Lipinski definition) is 6. The number of ether oxygens (including phenoxy) is 3. The molecule has 0 saturated heterocycles. The van der Waals surface area contributed by atoms with E-state index in [0.29, 0.717) is 25.4 Å². The van der Waals surface area contributed by atoms with Crippen molar-refractivity contribution in [3.63, 3.8) is 0 Å². The van der Waals surface area contributed by atoms with Gasteiger partial charge in [0.05, 0.1) is 37.4 Å². The van der Waals surface area contributed by atoms with Gasteiger partial charge in [0, 0.05) is 19.0 Å². The number of anilines is 2. The third-order valence-electron chi connectivity index (χ3n) is 3.60. The fourth-order valence-corrected chi connectivity index (χ4v) is 2.46. The second kappa shape index (κ2) is 7.69. The largest absolute Gasteiger partial charge is 0.490 e. The van der Waals surface area contributed by atoms with Gasteiger partial charge in [-0.1, -0.05) is 0 Å². The highest BCUT2D eigenvalue weighted by atomic mass is 16.6. The minimum Gasteiger partial charge on any atom is -0.490 e. The van der Waals surface area contributed by atoms with E-state index in [4.69, 9.17) is 14.2 Å². The van der Waals surface area contributed by atoms with E-state index >= 15 is 0 Å². The Kier molecular flexibility index (Phi) is 5.17. The van der Waals surface area contributed by atoms with E-state index in [-0.39, 0.29) is 6.61 Å². The average molecular weight is 332 g/mol. The van der Waals surface area contributed by atoms with Crippen LogP contribution in [0.15, 0.2) is 30.7 Å².